The molecule has 1 nitrogen and oxygen atoms in total. The highest BCUT2D eigenvalue weighted by atomic mass is 35.5. The Balaban J connectivity index is 3.44. The number of phenols is 1. The molecule has 0 aromatic heterocycles. The Morgan fingerprint density at radius 2 is 1.69 bits per heavy atom. The molecule has 3 heteroatoms. The highest BCUT2D eigenvalue weighted by Gasteiger charge is 2.14. The molecule has 0 saturated heterocycles. The Morgan fingerprint density at radius 1 is 1.15 bits per heavy atom. The van der Waals surface area contributed by atoms with E-state index in [0.29, 0.717) is 0 Å². The van der Waals surface area contributed by atoms with Crippen molar-refractivity contribution >= 4 is 23.2 Å². The summed E-state index contributed by atoms with van der Waals surface area (Å²) in [5, 5.41) is 9.64. The minimum absolute atomic E-state index is 0.284. The van der Waals surface area contributed by atoms with Crippen LogP contribution in [0.3, 0.4) is 0 Å². The van der Waals surface area contributed by atoms with Crippen LogP contribution in [0.25, 0.3) is 0 Å². The summed E-state index contributed by atoms with van der Waals surface area (Å²) in [6, 6.07) is 1.88. The number of aryl methyl sites for hydroxylation is 2. The van der Waals surface area contributed by atoms with Crippen LogP contribution in [0, 0.1) is 20.8 Å². The van der Waals surface area contributed by atoms with Gasteiger partial charge in [0.05, 0.1) is 0 Å². The smallest absolute Gasteiger partial charge is 0.133 e. The fourth-order valence-electron chi connectivity index (χ4n) is 1.53. The predicted octanol–water partition coefficient (Wildman–Crippen LogP) is 3.79. The van der Waals surface area contributed by atoms with Gasteiger partial charge >= 0.3 is 0 Å². The van der Waals surface area contributed by atoms with Crippen LogP contribution in [0.5, 0.6) is 5.75 Å². The van der Waals surface area contributed by atoms with Gasteiger partial charge in [-0.05, 0) is 43.0 Å². The number of hydrogen-bond acceptors (Lipinski definition) is 1. The predicted molar refractivity (Wildman–Crippen MR) is 56.8 cm³/mol. The zero-order valence-electron chi connectivity index (χ0n) is 7.86. The first-order valence-electron chi connectivity index (χ1n) is 4.03. The molecule has 0 unspecified atom stereocenters. The minimum Gasteiger partial charge on any atom is -0.507 e. The first-order valence-corrected chi connectivity index (χ1v) is 4.90. The number of aromatic hydroxyl groups is 1. The molecule has 0 aliphatic rings. The number of alkyl halides is 2. The van der Waals surface area contributed by atoms with Crippen molar-refractivity contribution in [2.24, 2.45) is 0 Å². The van der Waals surface area contributed by atoms with Crippen LogP contribution >= 0.6 is 23.2 Å². The number of benzene rings is 1. The molecule has 0 aliphatic heterocycles. The molecule has 13 heavy (non-hydrogen) atoms. The lowest BCUT2D eigenvalue weighted by molar-refractivity contribution is 0.466. The van der Waals surface area contributed by atoms with Crippen LogP contribution in [-0.2, 0) is 0 Å². The third-order valence-corrected chi connectivity index (χ3v) is 2.65. The van der Waals surface area contributed by atoms with Crippen LogP contribution in [0.15, 0.2) is 6.07 Å². The third kappa shape index (κ3) is 1.92. The Bertz CT molecular complexity index is 332. The second-order valence-corrected chi connectivity index (χ2v) is 4.29. The molecule has 0 fully saturated rings. The summed E-state index contributed by atoms with van der Waals surface area (Å²) in [6.45, 7) is 5.62. The molecule has 0 saturated carbocycles. The normalized spacial score (nSPS) is 10.9. The van der Waals surface area contributed by atoms with Gasteiger partial charge < -0.3 is 5.11 Å². The number of hydrogen-bond donors (Lipinski definition) is 1. The van der Waals surface area contributed by atoms with Crippen molar-refractivity contribution in [2.75, 3.05) is 0 Å². The van der Waals surface area contributed by atoms with Crippen LogP contribution in [0.4, 0.5) is 0 Å². The lowest BCUT2D eigenvalue weighted by Crippen LogP contribution is -1.95. The number of phenolic OH excluding ortho intramolecular Hbond substituents is 1. The zero-order chi connectivity index (χ0) is 10.2. The molecule has 0 bridgehead atoms. The summed E-state index contributed by atoms with van der Waals surface area (Å²) >= 11 is 11.6. The highest BCUT2D eigenvalue weighted by molar-refractivity contribution is 6.44. The first-order chi connectivity index (χ1) is 5.95. The average Bonchev–Trinajstić information content (AvgIpc) is 1.99. The van der Waals surface area contributed by atoms with E-state index in [1.165, 1.54) is 0 Å². The van der Waals surface area contributed by atoms with Crippen molar-refractivity contribution in [2.45, 2.75) is 25.6 Å². The number of rotatable bonds is 1. The van der Waals surface area contributed by atoms with Crippen LogP contribution in [0.2, 0.25) is 0 Å². The van der Waals surface area contributed by atoms with Crippen LogP contribution in [-0.4, -0.2) is 5.11 Å². The zero-order valence-corrected chi connectivity index (χ0v) is 9.37. The van der Waals surface area contributed by atoms with Crippen LogP contribution < -0.4 is 0 Å². The van der Waals surface area contributed by atoms with Gasteiger partial charge in [-0.3, -0.25) is 0 Å². The molecule has 1 aromatic rings. The maximum atomic E-state index is 9.64. The molecule has 0 aliphatic carbocycles. The summed E-state index contributed by atoms with van der Waals surface area (Å²) in [5.74, 6) is 0.284. The molecular formula is C10H12Cl2O. The van der Waals surface area contributed by atoms with Gasteiger partial charge in [-0.25, -0.2) is 0 Å². The van der Waals surface area contributed by atoms with Crippen molar-refractivity contribution in [3.63, 3.8) is 0 Å². The fraction of sp³-hybridized carbons (Fsp3) is 0.400. The van der Waals surface area contributed by atoms with Gasteiger partial charge in [0.15, 0.2) is 0 Å². The van der Waals surface area contributed by atoms with Crippen molar-refractivity contribution in [1.29, 1.82) is 0 Å². The topological polar surface area (TPSA) is 20.2 Å². The van der Waals surface area contributed by atoms with Crippen molar-refractivity contribution in [1.82, 2.24) is 0 Å². The molecule has 0 atom stereocenters. The van der Waals surface area contributed by atoms with Gasteiger partial charge in [0, 0.05) is 0 Å². The van der Waals surface area contributed by atoms with Crippen molar-refractivity contribution < 1.29 is 5.11 Å². The van der Waals surface area contributed by atoms with Gasteiger partial charge in [-0.2, -0.15) is 0 Å². The highest BCUT2D eigenvalue weighted by Crippen LogP contribution is 2.36. The summed E-state index contributed by atoms with van der Waals surface area (Å²) in [7, 11) is 0. The van der Waals surface area contributed by atoms with Gasteiger partial charge in [-0.1, -0.05) is 6.07 Å². The van der Waals surface area contributed by atoms with E-state index in [9.17, 15) is 5.11 Å². The van der Waals surface area contributed by atoms with E-state index in [2.05, 4.69) is 0 Å². The summed E-state index contributed by atoms with van der Waals surface area (Å²) < 4.78 is 0. The summed E-state index contributed by atoms with van der Waals surface area (Å²) in [4.78, 5) is -0.577. The maximum absolute atomic E-state index is 9.64. The molecule has 0 spiro atoms. The van der Waals surface area contributed by atoms with Gasteiger partial charge in [0.2, 0.25) is 0 Å². The molecule has 0 amide bonds. The Kier molecular flexibility index (Phi) is 3.09. The van der Waals surface area contributed by atoms with E-state index in [4.69, 9.17) is 23.2 Å². The molecular weight excluding hydrogens is 207 g/mol. The molecule has 72 valence electrons. The standard InChI is InChI=1S/C10H12Cl2O/c1-5-4-6(2)9(13)7(3)8(5)10(11)12/h4,10,13H,1-3H3. The third-order valence-electron chi connectivity index (χ3n) is 2.21. The summed E-state index contributed by atoms with van der Waals surface area (Å²) in [5.41, 5.74) is 3.45. The van der Waals surface area contributed by atoms with E-state index >= 15 is 0 Å². The monoisotopic (exact) mass is 218 g/mol. The molecule has 1 aromatic carbocycles. The molecule has 1 N–H and O–H groups in total. The molecule has 0 radical (unpaired) electrons. The Labute approximate surface area is 88.3 Å². The molecule has 0 heterocycles. The van der Waals surface area contributed by atoms with E-state index < -0.39 is 4.84 Å². The van der Waals surface area contributed by atoms with Crippen molar-refractivity contribution in [3.05, 3.63) is 28.3 Å². The largest absolute Gasteiger partial charge is 0.507 e. The van der Waals surface area contributed by atoms with Gasteiger partial charge in [0.1, 0.15) is 10.6 Å². The van der Waals surface area contributed by atoms with Crippen molar-refractivity contribution in [3.8, 4) is 5.75 Å². The van der Waals surface area contributed by atoms with E-state index in [-0.39, 0.29) is 5.75 Å². The summed E-state index contributed by atoms with van der Waals surface area (Å²) in [6.07, 6.45) is 0. The van der Waals surface area contributed by atoms with E-state index in [0.717, 1.165) is 22.3 Å². The second-order valence-electron chi connectivity index (χ2n) is 3.20. The number of halogens is 2. The van der Waals surface area contributed by atoms with Gasteiger partial charge in [0.25, 0.3) is 0 Å². The first kappa shape index (κ1) is 10.7. The van der Waals surface area contributed by atoms with Crippen LogP contribution in [0.1, 0.15) is 27.1 Å². The lowest BCUT2D eigenvalue weighted by Gasteiger charge is -2.13. The molecule has 1 rings (SSSR count). The quantitative estimate of drug-likeness (QED) is 0.712. The maximum Gasteiger partial charge on any atom is 0.133 e. The average molecular weight is 219 g/mol. The SMILES string of the molecule is Cc1cc(C)c(C(Cl)Cl)c(C)c1O. The van der Waals surface area contributed by atoms with E-state index in [1.54, 1.807) is 0 Å². The van der Waals surface area contributed by atoms with Gasteiger partial charge in [-0.15, -0.1) is 23.2 Å². The Hall–Kier alpha value is -0.400. The van der Waals surface area contributed by atoms with E-state index in [1.807, 2.05) is 26.8 Å². The fourth-order valence-corrected chi connectivity index (χ4v) is 2.20. The second kappa shape index (κ2) is 3.77. The lowest BCUT2D eigenvalue weighted by atomic mass is 10.00. The minimum atomic E-state index is -0.577. The Morgan fingerprint density at radius 3 is 2.15 bits per heavy atom.